The van der Waals surface area contributed by atoms with Crippen LogP contribution in [0.3, 0.4) is 0 Å². The molecule has 1 saturated heterocycles. The lowest BCUT2D eigenvalue weighted by Gasteiger charge is -2.23. The summed E-state index contributed by atoms with van der Waals surface area (Å²) in [5.74, 6) is -0.981. The number of H-pyrrole nitrogens is 1. The Morgan fingerprint density at radius 3 is 3.00 bits per heavy atom. The van der Waals surface area contributed by atoms with Crippen LogP contribution in [0, 0.1) is 5.82 Å². The van der Waals surface area contributed by atoms with Gasteiger partial charge in [-0.3, -0.25) is 14.7 Å². The second-order valence-electron chi connectivity index (χ2n) is 6.03. The molecule has 0 radical (unpaired) electrons. The monoisotopic (exact) mass is 345 g/mol. The minimum Gasteiger partial charge on any atom is -0.355 e. The third kappa shape index (κ3) is 3.39. The van der Waals surface area contributed by atoms with Crippen molar-refractivity contribution < 1.29 is 14.0 Å². The van der Waals surface area contributed by atoms with Crippen molar-refractivity contribution in [1.29, 1.82) is 0 Å². The first-order chi connectivity index (χ1) is 12.0. The molecule has 25 heavy (non-hydrogen) atoms. The number of benzene rings is 1. The molecular formula is C17H20FN5O2. The maximum atomic E-state index is 13.5. The van der Waals surface area contributed by atoms with Crippen LogP contribution in [0.5, 0.6) is 0 Å². The Balaban J connectivity index is 1.91. The van der Waals surface area contributed by atoms with E-state index in [1.54, 1.807) is 12.1 Å². The van der Waals surface area contributed by atoms with Crippen LogP contribution in [0.4, 0.5) is 4.39 Å². The quantitative estimate of drug-likeness (QED) is 0.765. The fourth-order valence-corrected chi connectivity index (χ4v) is 3.10. The molecule has 2 aromatic rings. The van der Waals surface area contributed by atoms with E-state index >= 15 is 0 Å². The van der Waals surface area contributed by atoms with Crippen LogP contribution in [0.2, 0.25) is 0 Å². The van der Waals surface area contributed by atoms with E-state index in [9.17, 15) is 14.0 Å². The van der Waals surface area contributed by atoms with Gasteiger partial charge in [-0.05, 0) is 25.5 Å². The molecule has 0 spiro atoms. The number of rotatable bonds is 4. The molecule has 0 unspecified atom stereocenters. The molecule has 0 bridgehead atoms. The Morgan fingerprint density at radius 2 is 2.28 bits per heavy atom. The van der Waals surface area contributed by atoms with Gasteiger partial charge in [-0.1, -0.05) is 12.1 Å². The Labute approximate surface area is 144 Å². The zero-order valence-electron chi connectivity index (χ0n) is 13.8. The van der Waals surface area contributed by atoms with E-state index in [1.165, 1.54) is 23.2 Å². The van der Waals surface area contributed by atoms with Crippen LogP contribution >= 0.6 is 0 Å². The first-order valence-electron chi connectivity index (χ1n) is 8.14. The van der Waals surface area contributed by atoms with Crippen molar-refractivity contribution in [2.75, 3.05) is 13.1 Å². The normalized spacial score (nSPS) is 19.9. The summed E-state index contributed by atoms with van der Waals surface area (Å²) in [6.45, 7) is 2.58. The fourth-order valence-electron chi connectivity index (χ4n) is 3.10. The van der Waals surface area contributed by atoms with Crippen molar-refractivity contribution >= 4 is 11.8 Å². The molecule has 4 N–H and O–H groups in total. The predicted octanol–water partition coefficient (Wildman–Crippen LogP) is 0.894. The topological polar surface area (TPSA) is 104 Å². The highest BCUT2D eigenvalue weighted by Gasteiger charge is 2.39. The van der Waals surface area contributed by atoms with E-state index in [1.807, 2.05) is 6.92 Å². The number of amides is 2. The van der Waals surface area contributed by atoms with Gasteiger partial charge in [0.2, 0.25) is 5.91 Å². The van der Waals surface area contributed by atoms with Crippen LogP contribution in [0.1, 0.15) is 23.7 Å². The third-order valence-corrected chi connectivity index (χ3v) is 4.23. The number of aromatic amines is 1. The van der Waals surface area contributed by atoms with Gasteiger partial charge in [-0.2, -0.15) is 5.10 Å². The maximum absolute atomic E-state index is 13.5. The molecule has 2 atom stereocenters. The Kier molecular flexibility index (Phi) is 4.80. The summed E-state index contributed by atoms with van der Waals surface area (Å²) >= 11 is 0. The lowest BCUT2D eigenvalue weighted by Crippen LogP contribution is -2.46. The predicted molar refractivity (Wildman–Crippen MR) is 90.1 cm³/mol. The number of halogens is 1. The summed E-state index contributed by atoms with van der Waals surface area (Å²) in [5, 5.41) is 9.39. The van der Waals surface area contributed by atoms with Crippen LogP contribution in [0.25, 0.3) is 11.3 Å². The molecular weight excluding hydrogens is 325 g/mol. The Hall–Kier alpha value is -2.74. The molecule has 1 aromatic carbocycles. The number of hydrogen-bond donors (Lipinski definition) is 3. The van der Waals surface area contributed by atoms with E-state index in [2.05, 4.69) is 15.5 Å². The average Bonchev–Trinajstić information content (AvgIpc) is 3.21. The van der Waals surface area contributed by atoms with E-state index < -0.39 is 11.9 Å². The number of nitrogens with one attached hydrogen (secondary N) is 2. The summed E-state index contributed by atoms with van der Waals surface area (Å²) in [7, 11) is 0. The Bertz CT molecular complexity index is 791. The van der Waals surface area contributed by atoms with Gasteiger partial charge in [0.25, 0.3) is 5.91 Å². The molecule has 1 aromatic heterocycles. The summed E-state index contributed by atoms with van der Waals surface area (Å²) in [4.78, 5) is 26.7. The van der Waals surface area contributed by atoms with Crippen LogP contribution in [0.15, 0.2) is 30.5 Å². The SMILES string of the molecule is CCNC(=O)[C@@H]1C[C@@H](N)CN1C(=O)c1cn[nH]c1-c1cccc(F)c1. The highest BCUT2D eigenvalue weighted by atomic mass is 19.1. The number of nitrogens with zero attached hydrogens (tertiary/aromatic N) is 2. The van der Waals surface area contributed by atoms with E-state index in [0.29, 0.717) is 24.2 Å². The summed E-state index contributed by atoms with van der Waals surface area (Å²) in [6.07, 6.45) is 1.80. The van der Waals surface area contributed by atoms with Crippen molar-refractivity contribution in [2.24, 2.45) is 5.73 Å². The largest absolute Gasteiger partial charge is 0.355 e. The number of carbonyl (C=O) groups excluding carboxylic acids is 2. The second-order valence-corrected chi connectivity index (χ2v) is 6.03. The first kappa shape index (κ1) is 17.1. The molecule has 2 amide bonds. The average molecular weight is 345 g/mol. The molecule has 0 saturated carbocycles. The smallest absolute Gasteiger partial charge is 0.258 e. The Morgan fingerprint density at radius 1 is 1.48 bits per heavy atom. The molecule has 132 valence electrons. The van der Waals surface area contributed by atoms with Gasteiger partial charge >= 0.3 is 0 Å². The van der Waals surface area contributed by atoms with Crippen LogP contribution in [-0.2, 0) is 4.79 Å². The molecule has 1 fully saturated rings. The van der Waals surface area contributed by atoms with Crippen molar-refractivity contribution in [2.45, 2.75) is 25.4 Å². The fraction of sp³-hybridized carbons (Fsp3) is 0.353. The van der Waals surface area contributed by atoms with Gasteiger partial charge in [0.15, 0.2) is 0 Å². The standard InChI is InChI=1S/C17H20FN5O2/c1-2-20-16(24)14-7-12(19)9-23(14)17(25)13-8-21-22-15(13)10-4-3-5-11(18)6-10/h3-6,8,12,14H,2,7,9,19H2,1H3,(H,20,24)(H,21,22)/t12-,14+/m1/s1. The van der Waals surface area contributed by atoms with Crippen molar-refractivity contribution in [3.63, 3.8) is 0 Å². The van der Waals surface area contributed by atoms with Crippen molar-refractivity contribution in [3.05, 3.63) is 41.8 Å². The van der Waals surface area contributed by atoms with Gasteiger partial charge in [-0.15, -0.1) is 0 Å². The zero-order valence-corrected chi connectivity index (χ0v) is 13.8. The van der Waals surface area contributed by atoms with Crippen LogP contribution in [-0.4, -0.2) is 52.1 Å². The lowest BCUT2D eigenvalue weighted by molar-refractivity contribution is -0.124. The number of carbonyl (C=O) groups is 2. The number of nitrogens with two attached hydrogens (primary N) is 1. The third-order valence-electron chi connectivity index (χ3n) is 4.23. The van der Waals surface area contributed by atoms with E-state index in [-0.39, 0.29) is 30.0 Å². The van der Waals surface area contributed by atoms with Crippen molar-refractivity contribution in [1.82, 2.24) is 20.4 Å². The van der Waals surface area contributed by atoms with Gasteiger partial charge in [-0.25, -0.2) is 4.39 Å². The molecule has 1 aliphatic rings. The van der Waals surface area contributed by atoms with Gasteiger partial charge in [0, 0.05) is 24.7 Å². The first-order valence-corrected chi connectivity index (χ1v) is 8.14. The molecule has 1 aliphatic heterocycles. The van der Waals surface area contributed by atoms with Crippen molar-refractivity contribution in [3.8, 4) is 11.3 Å². The molecule has 2 heterocycles. The van der Waals surface area contributed by atoms with Gasteiger partial charge in [0.05, 0.1) is 17.5 Å². The highest BCUT2D eigenvalue weighted by molar-refractivity contribution is 6.02. The zero-order chi connectivity index (χ0) is 18.0. The highest BCUT2D eigenvalue weighted by Crippen LogP contribution is 2.26. The van der Waals surface area contributed by atoms with Gasteiger partial charge in [0.1, 0.15) is 11.9 Å². The number of aromatic nitrogens is 2. The van der Waals surface area contributed by atoms with E-state index in [0.717, 1.165) is 0 Å². The lowest BCUT2D eigenvalue weighted by atomic mass is 10.1. The van der Waals surface area contributed by atoms with Gasteiger partial charge < -0.3 is 16.0 Å². The second kappa shape index (κ2) is 7.02. The maximum Gasteiger partial charge on any atom is 0.258 e. The number of likely N-dealkylation sites (tertiary alicyclic amines) is 1. The summed E-state index contributed by atoms with van der Waals surface area (Å²) in [5.41, 5.74) is 7.18. The molecule has 0 aliphatic carbocycles. The van der Waals surface area contributed by atoms with E-state index in [4.69, 9.17) is 5.73 Å². The molecule has 7 nitrogen and oxygen atoms in total. The number of likely N-dealkylation sites (N-methyl/N-ethyl adjacent to an activating group) is 1. The minimum absolute atomic E-state index is 0.223. The summed E-state index contributed by atoms with van der Waals surface area (Å²) < 4.78 is 13.5. The number of hydrogen-bond acceptors (Lipinski definition) is 4. The molecule has 3 rings (SSSR count). The minimum atomic E-state index is -0.613. The summed E-state index contributed by atoms with van der Waals surface area (Å²) in [6, 6.07) is 5.01. The van der Waals surface area contributed by atoms with Crippen LogP contribution < -0.4 is 11.1 Å². The molecule has 8 heteroatoms.